The predicted molar refractivity (Wildman–Crippen MR) is 97.8 cm³/mol. The van der Waals surface area contributed by atoms with Gasteiger partial charge in [0.05, 0.1) is 21.6 Å². The molecule has 0 saturated heterocycles. The van der Waals surface area contributed by atoms with Gasteiger partial charge in [-0.1, -0.05) is 31.2 Å². The van der Waals surface area contributed by atoms with Crippen molar-refractivity contribution in [2.24, 2.45) is 0 Å². The van der Waals surface area contributed by atoms with Gasteiger partial charge in [-0.2, -0.15) is 0 Å². The van der Waals surface area contributed by atoms with Gasteiger partial charge in [0.25, 0.3) is 5.69 Å². The summed E-state index contributed by atoms with van der Waals surface area (Å²) in [5.74, 6) is -0.0333. The average Bonchev–Trinajstić information content (AvgIpc) is 2.66. The molecule has 132 valence electrons. The van der Waals surface area contributed by atoms with Crippen LogP contribution in [0.2, 0.25) is 0 Å². The Bertz CT molecular complexity index is 929. The van der Waals surface area contributed by atoms with Crippen LogP contribution in [0.25, 0.3) is 11.8 Å². The molecule has 0 spiro atoms. The summed E-state index contributed by atoms with van der Waals surface area (Å²) in [5, 5.41) is 21.6. The highest BCUT2D eigenvalue weighted by Crippen LogP contribution is 2.36. The number of aliphatic hydroxyl groups excluding tert-OH is 1. The number of para-hydroxylation sites is 2. The molecule has 0 aromatic heterocycles. The first kappa shape index (κ1) is 17.4. The highest BCUT2D eigenvalue weighted by Gasteiger charge is 2.31. The molecule has 0 bridgehead atoms. The van der Waals surface area contributed by atoms with E-state index in [9.17, 15) is 20.0 Å². The van der Waals surface area contributed by atoms with Crippen LogP contribution < -0.4 is 4.74 Å². The molecule has 0 aliphatic carbocycles. The Morgan fingerprint density at radius 2 is 1.92 bits per heavy atom. The van der Waals surface area contributed by atoms with Crippen molar-refractivity contribution >= 4 is 23.3 Å². The summed E-state index contributed by atoms with van der Waals surface area (Å²) >= 11 is 0. The molecular formula is C20H17NO5. The number of nitro benzene ring substituents is 1. The molecule has 2 aromatic rings. The van der Waals surface area contributed by atoms with E-state index < -0.39 is 16.8 Å². The van der Waals surface area contributed by atoms with Gasteiger partial charge in [0.1, 0.15) is 17.6 Å². The van der Waals surface area contributed by atoms with Crippen LogP contribution in [0.5, 0.6) is 5.75 Å². The average molecular weight is 351 g/mol. The molecule has 1 aliphatic heterocycles. The number of nitrogens with zero attached hydrogens (tertiary/aromatic N) is 1. The minimum Gasteiger partial charge on any atom is -0.507 e. The number of hydrogen-bond acceptors (Lipinski definition) is 5. The highest BCUT2D eigenvalue weighted by atomic mass is 16.6. The standard InChI is InChI=1S/C20H17NO5/c1-2-17-19(20(23)14-8-4-6-10-18(14)26-17)16(22)12-11-13-7-3-5-9-15(13)21(24)25/h3-12,17,23H,2H2,1H3/b12-11+. The van der Waals surface area contributed by atoms with Crippen molar-refractivity contribution in [2.75, 3.05) is 0 Å². The fourth-order valence-electron chi connectivity index (χ4n) is 2.89. The first-order valence-electron chi connectivity index (χ1n) is 8.18. The zero-order chi connectivity index (χ0) is 18.7. The maximum Gasteiger partial charge on any atom is 0.276 e. The predicted octanol–water partition coefficient (Wildman–Crippen LogP) is 4.32. The van der Waals surface area contributed by atoms with Crippen LogP contribution in [-0.2, 0) is 4.79 Å². The van der Waals surface area contributed by atoms with Crippen LogP contribution in [0, 0.1) is 10.1 Å². The van der Waals surface area contributed by atoms with Gasteiger partial charge in [0.15, 0.2) is 5.78 Å². The van der Waals surface area contributed by atoms with Gasteiger partial charge in [-0.15, -0.1) is 0 Å². The highest BCUT2D eigenvalue weighted by molar-refractivity contribution is 6.11. The van der Waals surface area contributed by atoms with E-state index in [1.54, 1.807) is 42.5 Å². The quantitative estimate of drug-likeness (QED) is 0.492. The van der Waals surface area contributed by atoms with Crippen LogP contribution in [-0.4, -0.2) is 21.9 Å². The Hall–Kier alpha value is -3.41. The molecule has 1 unspecified atom stereocenters. The maximum absolute atomic E-state index is 12.7. The van der Waals surface area contributed by atoms with E-state index in [2.05, 4.69) is 0 Å². The molecule has 26 heavy (non-hydrogen) atoms. The molecule has 2 aromatic carbocycles. The van der Waals surface area contributed by atoms with Crippen LogP contribution in [0.15, 0.2) is 60.2 Å². The number of benzene rings is 2. The smallest absolute Gasteiger partial charge is 0.276 e. The Morgan fingerprint density at radius 1 is 1.23 bits per heavy atom. The third-order valence-electron chi connectivity index (χ3n) is 4.17. The van der Waals surface area contributed by atoms with Crippen molar-refractivity contribution in [3.05, 3.63) is 81.4 Å². The van der Waals surface area contributed by atoms with E-state index in [4.69, 9.17) is 4.74 Å². The minimum atomic E-state index is -0.576. The van der Waals surface area contributed by atoms with E-state index in [1.165, 1.54) is 18.2 Å². The SMILES string of the molecule is CCC1Oc2ccccc2C(O)=C1C(=O)/C=C/c1ccccc1[N+](=O)[O-]. The third kappa shape index (κ3) is 3.21. The Morgan fingerprint density at radius 3 is 2.65 bits per heavy atom. The number of fused-ring (bicyclic) bond motifs is 1. The lowest BCUT2D eigenvalue weighted by Gasteiger charge is -2.27. The van der Waals surface area contributed by atoms with Gasteiger partial charge in [-0.3, -0.25) is 14.9 Å². The van der Waals surface area contributed by atoms with Crippen molar-refractivity contribution in [1.82, 2.24) is 0 Å². The second kappa shape index (κ2) is 7.23. The number of ketones is 1. The van der Waals surface area contributed by atoms with Crippen LogP contribution in [0.3, 0.4) is 0 Å². The molecule has 0 amide bonds. The lowest BCUT2D eigenvalue weighted by Crippen LogP contribution is -2.28. The van der Waals surface area contributed by atoms with Crippen molar-refractivity contribution in [2.45, 2.75) is 19.4 Å². The summed E-state index contributed by atoms with van der Waals surface area (Å²) in [6.07, 6.45) is 2.54. The van der Waals surface area contributed by atoms with Crippen LogP contribution in [0.4, 0.5) is 5.69 Å². The molecule has 3 rings (SSSR count). The zero-order valence-corrected chi connectivity index (χ0v) is 14.1. The number of ether oxygens (including phenoxy) is 1. The van der Waals surface area contributed by atoms with Gasteiger partial charge in [-0.25, -0.2) is 0 Å². The lowest BCUT2D eigenvalue weighted by atomic mass is 9.94. The molecule has 1 heterocycles. The van der Waals surface area contributed by atoms with E-state index in [-0.39, 0.29) is 17.0 Å². The van der Waals surface area contributed by atoms with Crippen molar-refractivity contribution < 1.29 is 19.6 Å². The van der Waals surface area contributed by atoms with Gasteiger partial charge in [-0.05, 0) is 36.8 Å². The number of nitro groups is 1. The van der Waals surface area contributed by atoms with Gasteiger partial charge in [0, 0.05) is 6.07 Å². The van der Waals surface area contributed by atoms with Crippen molar-refractivity contribution in [3.63, 3.8) is 0 Å². The normalized spacial score (nSPS) is 16.3. The summed E-state index contributed by atoms with van der Waals surface area (Å²) in [4.78, 5) is 23.3. The van der Waals surface area contributed by atoms with E-state index >= 15 is 0 Å². The largest absolute Gasteiger partial charge is 0.507 e. The second-order valence-corrected chi connectivity index (χ2v) is 5.79. The van der Waals surface area contributed by atoms with Crippen molar-refractivity contribution in [3.8, 4) is 5.75 Å². The number of aliphatic hydroxyl groups is 1. The van der Waals surface area contributed by atoms with E-state index in [0.717, 1.165) is 0 Å². The summed E-state index contributed by atoms with van der Waals surface area (Å²) < 4.78 is 5.82. The summed E-state index contributed by atoms with van der Waals surface area (Å²) in [7, 11) is 0. The molecule has 6 heteroatoms. The van der Waals surface area contributed by atoms with Crippen LogP contribution >= 0.6 is 0 Å². The van der Waals surface area contributed by atoms with Crippen LogP contribution in [0.1, 0.15) is 24.5 Å². The molecule has 0 fully saturated rings. The second-order valence-electron chi connectivity index (χ2n) is 5.79. The first-order chi connectivity index (χ1) is 12.5. The van der Waals surface area contributed by atoms with Gasteiger partial charge < -0.3 is 9.84 Å². The van der Waals surface area contributed by atoms with E-state index in [0.29, 0.717) is 23.3 Å². The fourth-order valence-corrected chi connectivity index (χ4v) is 2.89. The van der Waals surface area contributed by atoms with E-state index in [1.807, 2.05) is 6.92 Å². The topological polar surface area (TPSA) is 89.7 Å². The Labute approximate surface area is 150 Å². The number of hydrogen-bond donors (Lipinski definition) is 1. The Kier molecular flexibility index (Phi) is 4.84. The monoisotopic (exact) mass is 351 g/mol. The molecule has 0 saturated carbocycles. The zero-order valence-electron chi connectivity index (χ0n) is 14.1. The number of allylic oxidation sites excluding steroid dienone is 1. The fraction of sp³-hybridized carbons (Fsp3) is 0.150. The molecule has 0 radical (unpaired) electrons. The summed E-state index contributed by atoms with van der Waals surface area (Å²) in [5.41, 5.74) is 0.837. The number of carbonyl (C=O) groups is 1. The summed E-state index contributed by atoms with van der Waals surface area (Å²) in [6, 6.07) is 13.1. The first-order valence-corrected chi connectivity index (χ1v) is 8.18. The molecule has 1 aliphatic rings. The molecule has 1 atom stereocenters. The van der Waals surface area contributed by atoms with Gasteiger partial charge in [0.2, 0.25) is 0 Å². The third-order valence-corrected chi connectivity index (χ3v) is 4.17. The maximum atomic E-state index is 12.7. The number of carbonyl (C=O) groups excluding carboxylic acids is 1. The number of rotatable bonds is 5. The Balaban J connectivity index is 1.98. The minimum absolute atomic E-state index is 0.0907. The molecule has 1 N–H and O–H groups in total. The lowest BCUT2D eigenvalue weighted by molar-refractivity contribution is -0.385. The summed E-state index contributed by atoms with van der Waals surface area (Å²) in [6.45, 7) is 1.85. The molecular weight excluding hydrogens is 334 g/mol. The van der Waals surface area contributed by atoms with Crippen molar-refractivity contribution in [1.29, 1.82) is 0 Å². The van der Waals surface area contributed by atoms with Gasteiger partial charge >= 0.3 is 0 Å². The molecule has 6 nitrogen and oxygen atoms in total.